The van der Waals surface area contributed by atoms with Crippen molar-refractivity contribution >= 4 is 34.6 Å². The highest BCUT2D eigenvalue weighted by molar-refractivity contribution is 5.93. The Morgan fingerprint density at radius 3 is 1.75 bits per heavy atom. The zero-order valence-corrected chi connectivity index (χ0v) is 29.9. The van der Waals surface area contributed by atoms with Crippen LogP contribution in [0.3, 0.4) is 0 Å². The Labute approximate surface area is 280 Å². The molecule has 0 spiro atoms. The molecule has 0 aliphatic rings. The van der Waals surface area contributed by atoms with Crippen LogP contribution in [0.25, 0.3) is 11.2 Å². The molecule has 0 saturated heterocycles. The minimum Gasteiger partial charge on any atom is -0.363 e. The third-order valence-corrected chi connectivity index (χ3v) is 6.45. The molecule has 2 N–H and O–H groups in total. The molecule has 0 atom stereocenters. The first-order chi connectivity index (χ1) is 22.4. The number of ketones is 2. The molecule has 1 amide bonds. The van der Waals surface area contributed by atoms with Gasteiger partial charge in [-0.3, -0.25) is 19.1 Å². The van der Waals surface area contributed by atoms with E-state index < -0.39 is 5.91 Å². The maximum atomic E-state index is 10.8. The molecule has 0 aliphatic carbocycles. The highest BCUT2D eigenvalue weighted by Gasteiger charge is 2.10. The Balaban J connectivity index is 0.000000225. The van der Waals surface area contributed by atoms with E-state index in [0.29, 0.717) is 29.3 Å². The Kier molecular flexibility index (Phi) is 14.2. The number of nitrogens with zero attached hydrogens (tertiary/aromatic N) is 13. The van der Waals surface area contributed by atoms with E-state index in [1.54, 1.807) is 45.8 Å². The number of fused-ring (bicyclic) bond motifs is 1. The Morgan fingerprint density at radius 1 is 0.750 bits per heavy atom. The van der Waals surface area contributed by atoms with Crippen molar-refractivity contribution < 1.29 is 14.4 Å². The molecule has 17 heteroatoms. The van der Waals surface area contributed by atoms with E-state index in [1.165, 1.54) is 13.3 Å². The summed E-state index contributed by atoms with van der Waals surface area (Å²) < 4.78 is 7.07. The first kappa shape index (κ1) is 38.8. The second-order valence-corrected chi connectivity index (χ2v) is 12.1. The lowest BCUT2D eigenvalue weighted by Crippen LogP contribution is -2.14. The van der Waals surface area contributed by atoms with Gasteiger partial charge in [-0.1, -0.05) is 5.21 Å². The number of Topliss-reactive ketones (excluding diaryl/α,β-unsaturated/α-hetero) is 2. The van der Waals surface area contributed by atoms with Crippen LogP contribution in [-0.2, 0) is 0 Å². The minimum absolute atomic E-state index is 0.0445. The molecule has 260 valence electrons. The number of amides is 1. The fourth-order valence-electron chi connectivity index (χ4n) is 3.54. The van der Waals surface area contributed by atoms with Gasteiger partial charge in [-0.05, 0) is 62.3 Å². The summed E-state index contributed by atoms with van der Waals surface area (Å²) >= 11 is 0. The predicted octanol–water partition coefficient (Wildman–Crippen LogP) is 4.16. The number of nitrogens with two attached hydrogens (primary N) is 1. The number of hydrogen-bond donors (Lipinski definition) is 1. The number of carbonyl (C=O) groups is 3. The van der Waals surface area contributed by atoms with Gasteiger partial charge >= 0.3 is 0 Å². The van der Waals surface area contributed by atoms with E-state index in [9.17, 15) is 14.4 Å². The van der Waals surface area contributed by atoms with Gasteiger partial charge in [0, 0.05) is 51.4 Å². The van der Waals surface area contributed by atoms with Gasteiger partial charge in [0.1, 0.15) is 17.5 Å². The SMILES string of the molecule is CC(=O)c1cn(C(C)C)nn1.CC(=O)c1cnn(C(C)C)c1.CC(C)n1cnc(C(N)=O)n1.CC(C)n1cnc2cnc(N(C)C)nc21. The highest BCUT2D eigenvalue weighted by Crippen LogP contribution is 2.16. The molecule has 5 aromatic heterocycles. The number of anilines is 1. The van der Waals surface area contributed by atoms with Crippen molar-refractivity contribution in [1.82, 2.24) is 59.1 Å². The molecule has 0 aliphatic heterocycles. The summed E-state index contributed by atoms with van der Waals surface area (Å²) in [5.41, 5.74) is 7.79. The molecule has 0 radical (unpaired) electrons. The molecule has 0 fully saturated rings. The van der Waals surface area contributed by atoms with Crippen LogP contribution < -0.4 is 10.6 Å². The zero-order valence-electron chi connectivity index (χ0n) is 29.9. The standard InChI is InChI=1S/C10H15N5.C8H12N2O.C7H11N3O.C6H10N4O/c1-7(2)15-6-12-8-5-11-10(14(3)4)13-9(8)15;1-6(2)10-5-8(4-9-10)7(3)11;1-5(2)10-4-7(6(3)11)8-9-10;1-4(2)10-3-8-6(9-10)5(7)11/h5-7H,1-4H3;4-6H,1-3H3;4-5H,1-3H3;3-4H,1-2H3,(H2,7,11). The number of aromatic nitrogens is 12. The number of primary amides is 1. The second-order valence-electron chi connectivity index (χ2n) is 12.1. The Hall–Kier alpha value is -5.35. The van der Waals surface area contributed by atoms with E-state index in [-0.39, 0.29) is 29.5 Å². The summed E-state index contributed by atoms with van der Waals surface area (Å²) in [5, 5.41) is 15.4. The molecule has 5 rings (SSSR count). The molecule has 0 aromatic carbocycles. The molecular formula is C31H48N14O3. The summed E-state index contributed by atoms with van der Waals surface area (Å²) in [6.07, 6.45) is 10.1. The van der Waals surface area contributed by atoms with Crippen molar-refractivity contribution in [2.24, 2.45) is 5.73 Å². The van der Waals surface area contributed by atoms with Crippen molar-refractivity contribution in [2.75, 3.05) is 19.0 Å². The maximum absolute atomic E-state index is 10.8. The van der Waals surface area contributed by atoms with E-state index >= 15 is 0 Å². The monoisotopic (exact) mass is 664 g/mol. The summed E-state index contributed by atoms with van der Waals surface area (Å²) in [4.78, 5) is 50.7. The van der Waals surface area contributed by atoms with Crippen LogP contribution in [0.1, 0.15) is 125 Å². The van der Waals surface area contributed by atoms with Crippen molar-refractivity contribution in [3.05, 3.63) is 54.5 Å². The fraction of sp³-hybridized carbons (Fsp3) is 0.516. The van der Waals surface area contributed by atoms with Gasteiger partial charge in [0.05, 0.1) is 30.5 Å². The van der Waals surface area contributed by atoms with E-state index in [4.69, 9.17) is 5.73 Å². The van der Waals surface area contributed by atoms with Crippen molar-refractivity contribution in [1.29, 1.82) is 0 Å². The van der Waals surface area contributed by atoms with E-state index in [1.807, 2.05) is 71.4 Å². The predicted molar refractivity (Wildman–Crippen MR) is 182 cm³/mol. The highest BCUT2D eigenvalue weighted by atomic mass is 16.1. The Morgan fingerprint density at radius 2 is 1.38 bits per heavy atom. The number of hydrogen-bond acceptors (Lipinski definition) is 12. The lowest BCUT2D eigenvalue weighted by molar-refractivity contribution is 0.0986. The van der Waals surface area contributed by atoms with Crippen LogP contribution in [0, 0.1) is 0 Å². The maximum Gasteiger partial charge on any atom is 0.288 e. The first-order valence-electron chi connectivity index (χ1n) is 15.5. The van der Waals surface area contributed by atoms with E-state index in [0.717, 1.165) is 11.2 Å². The van der Waals surface area contributed by atoms with Crippen LogP contribution in [0.2, 0.25) is 0 Å². The van der Waals surface area contributed by atoms with Gasteiger partial charge < -0.3 is 15.2 Å². The van der Waals surface area contributed by atoms with Gasteiger partial charge in [0.25, 0.3) is 5.91 Å². The molecule has 0 bridgehead atoms. The summed E-state index contributed by atoms with van der Waals surface area (Å²) in [5.74, 6) is 0.210. The van der Waals surface area contributed by atoms with Crippen LogP contribution in [-0.4, -0.2) is 90.6 Å². The average molecular weight is 665 g/mol. The summed E-state index contributed by atoms with van der Waals surface area (Å²) in [6, 6.07) is 1.15. The van der Waals surface area contributed by atoms with Gasteiger partial charge in [-0.2, -0.15) is 10.1 Å². The van der Waals surface area contributed by atoms with Crippen LogP contribution in [0.4, 0.5) is 5.95 Å². The van der Waals surface area contributed by atoms with Crippen LogP contribution in [0.5, 0.6) is 0 Å². The zero-order chi connectivity index (χ0) is 36.3. The smallest absolute Gasteiger partial charge is 0.288 e. The summed E-state index contributed by atoms with van der Waals surface area (Å²) in [7, 11) is 3.86. The number of rotatable bonds is 8. The summed E-state index contributed by atoms with van der Waals surface area (Å²) in [6.45, 7) is 19.2. The van der Waals surface area contributed by atoms with Crippen LogP contribution >= 0.6 is 0 Å². The van der Waals surface area contributed by atoms with E-state index in [2.05, 4.69) is 54.3 Å². The molecule has 5 aromatic rings. The first-order valence-corrected chi connectivity index (χ1v) is 15.5. The third-order valence-electron chi connectivity index (χ3n) is 6.45. The molecule has 48 heavy (non-hydrogen) atoms. The molecule has 0 unspecified atom stereocenters. The molecule has 5 heterocycles. The topological polar surface area (TPSA) is 203 Å². The van der Waals surface area contributed by atoms with Gasteiger partial charge in [-0.25, -0.2) is 24.3 Å². The minimum atomic E-state index is -0.593. The van der Waals surface area contributed by atoms with Crippen molar-refractivity contribution in [3.63, 3.8) is 0 Å². The fourth-order valence-corrected chi connectivity index (χ4v) is 3.54. The third kappa shape index (κ3) is 11.2. The second kappa shape index (κ2) is 17.5. The average Bonchev–Trinajstić information content (AvgIpc) is 3.83. The number of carbonyl (C=O) groups excluding carboxylic acids is 3. The lowest BCUT2D eigenvalue weighted by Gasteiger charge is -2.11. The van der Waals surface area contributed by atoms with Crippen LogP contribution in [0.15, 0.2) is 37.4 Å². The van der Waals surface area contributed by atoms with Crippen molar-refractivity contribution in [3.8, 4) is 0 Å². The largest absolute Gasteiger partial charge is 0.363 e. The Bertz CT molecular complexity index is 1640. The van der Waals surface area contributed by atoms with Crippen molar-refractivity contribution in [2.45, 2.75) is 93.4 Å². The number of imidazole rings is 1. The molecule has 17 nitrogen and oxygen atoms in total. The normalized spacial score (nSPS) is 10.8. The van der Waals surface area contributed by atoms with Gasteiger partial charge in [0.15, 0.2) is 17.2 Å². The molecule has 0 saturated carbocycles. The quantitative estimate of drug-likeness (QED) is 0.232. The van der Waals surface area contributed by atoms with Gasteiger partial charge in [0.2, 0.25) is 11.8 Å². The molecular weight excluding hydrogens is 616 g/mol. The van der Waals surface area contributed by atoms with Gasteiger partial charge in [-0.15, -0.1) is 10.2 Å². The lowest BCUT2D eigenvalue weighted by atomic mass is 10.3.